The summed E-state index contributed by atoms with van der Waals surface area (Å²) in [5.74, 6) is -0.257. The van der Waals surface area contributed by atoms with Gasteiger partial charge in [-0.3, -0.25) is 9.59 Å². The maximum absolute atomic E-state index is 12.6. The van der Waals surface area contributed by atoms with Crippen LogP contribution in [0.5, 0.6) is 0 Å². The van der Waals surface area contributed by atoms with Crippen LogP contribution in [-0.4, -0.2) is 44.9 Å². The van der Waals surface area contributed by atoms with Gasteiger partial charge in [-0.05, 0) is 62.7 Å². The number of aromatic nitrogens is 3. The number of nitrogens with zero attached hydrogens (tertiary/aromatic N) is 3. The summed E-state index contributed by atoms with van der Waals surface area (Å²) in [6.07, 6.45) is 0.733. The molecule has 0 bridgehead atoms. The lowest BCUT2D eigenvalue weighted by Crippen LogP contribution is -2.28. The lowest BCUT2D eigenvalue weighted by Gasteiger charge is -2.15. The first kappa shape index (κ1) is 27.2. The van der Waals surface area contributed by atoms with E-state index >= 15 is 0 Å². The predicted octanol–water partition coefficient (Wildman–Crippen LogP) is 4.74. The number of halogens is 1. The molecule has 0 saturated carbocycles. The molecule has 9 nitrogen and oxygen atoms in total. The highest BCUT2D eigenvalue weighted by Crippen LogP contribution is 2.22. The third kappa shape index (κ3) is 7.32. The minimum absolute atomic E-state index is 0.0914. The van der Waals surface area contributed by atoms with E-state index in [1.54, 1.807) is 48.5 Å². The topological polar surface area (TPSA) is 115 Å². The Kier molecular flexibility index (Phi) is 9.89. The largest absolute Gasteiger partial charge is 0.462 e. The molecule has 1 heterocycles. The van der Waals surface area contributed by atoms with Crippen LogP contribution in [0.25, 0.3) is 0 Å². The Bertz CT molecular complexity index is 1220. The van der Waals surface area contributed by atoms with E-state index in [2.05, 4.69) is 20.8 Å². The van der Waals surface area contributed by atoms with E-state index in [0.717, 1.165) is 6.42 Å². The average Bonchev–Trinajstić information content (AvgIpc) is 3.29. The van der Waals surface area contributed by atoms with Crippen molar-refractivity contribution >= 4 is 46.8 Å². The molecule has 2 aromatic carbocycles. The molecule has 0 radical (unpaired) electrons. The van der Waals surface area contributed by atoms with Gasteiger partial charge in [0.15, 0.2) is 11.0 Å². The molecule has 0 spiro atoms. The van der Waals surface area contributed by atoms with Crippen molar-refractivity contribution in [2.45, 2.75) is 44.9 Å². The summed E-state index contributed by atoms with van der Waals surface area (Å²) >= 11 is 7.12. The van der Waals surface area contributed by atoms with E-state index < -0.39 is 12.0 Å². The molecule has 0 aliphatic carbocycles. The Labute approximate surface area is 219 Å². The zero-order valence-corrected chi connectivity index (χ0v) is 21.9. The van der Waals surface area contributed by atoms with Gasteiger partial charge in [-0.15, -0.1) is 10.2 Å². The summed E-state index contributed by atoms with van der Waals surface area (Å²) in [4.78, 5) is 37.1. The molecule has 0 unspecified atom stereocenters. The second kappa shape index (κ2) is 13.1. The van der Waals surface area contributed by atoms with Crippen molar-refractivity contribution in [3.63, 3.8) is 0 Å². The summed E-state index contributed by atoms with van der Waals surface area (Å²) in [6, 6.07) is 12.8. The molecule has 0 fully saturated rings. The number of benzene rings is 2. The summed E-state index contributed by atoms with van der Waals surface area (Å²) in [5, 5.41) is 15.3. The van der Waals surface area contributed by atoms with Crippen molar-refractivity contribution in [2.75, 3.05) is 17.7 Å². The van der Waals surface area contributed by atoms with Gasteiger partial charge in [0.1, 0.15) is 0 Å². The summed E-state index contributed by atoms with van der Waals surface area (Å²) in [7, 11) is 0. The highest BCUT2D eigenvalue weighted by molar-refractivity contribution is 7.99. The smallest absolute Gasteiger partial charge is 0.338 e. The SMILES string of the molecule is CCCOC(=O)c1cccc(NC(=O)CSc2nnc([C@@H](C)NC(=O)c3ccc(Cl)cc3)n2CC)c1. The number of hydrogen-bond donors (Lipinski definition) is 2. The van der Waals surface area contributed by atoms with Crippen LogP contribution in [-0.2, 0) is 16.1 Å². The highest BCUT2D eigenvalue weighted by Gasteiger charge is 2.20. The van der Waals surface area contributed by atoms with Crippen LogP contribution in [0.3, 0.4) is 0 Å². The zero-order valence-electron chi connectivity index (χ0n) is 20.3. The number of esters is 1. The van der Waals surface area contributed by atoms with E-state index in [1.807, 2.05) is 25.3 Å². The second-order valence-electron chi connectivity index (χ2n) is 7.84. The predicted molar refractivity (Wildman–Crippen MR) is 139 cm³/mol. The van der Waals surface area contributed by atoms with Crippen LogP contribution in [0.1, 0.15) is 59.8 Å². The zero-order chi connectivity index (χ0) is 26.1. The van der Waals surface area contributed by atoms with Crippen molar-refractivity contribution in [2.24, 2.45) is 0 Å². The van der Waals surface area contributed by atoms with Gasteiger partial charge in [0.2, 0.25) is 5.91 Å². The Morgan fingerprint density at radius 2 is 1.83 bits per heavy atom. The minimum Gasteiger partial charge on any atom is -0.462 e. The van der Waals surface area contributed by atoms with E-state index in [1.165, 1.54) is 11.8 Å². The lowest BCUT2D eigenvalue weighted by molar-refractivity contribution is -0.113. The second-order valence-corrected chi connectivity index (χ2v) is 9.22. The fourth-order valence-corrected chi connectivity index (χ4v) is 4.23. The van der Waals surface area contributed by atoms with E-state index in [9.17, 15) is 14.4 Å². The first-order chi connectivity index (χ1) is 17.3. The van der Waals surface area contributed by atoms with E-state index in [0.29, 0.717) is 46.0 Å². The third-order valence-electron chi connectivity index (χ3n) is 5.05. The van der Waals surface area contributed by atoms with Gasteiger partial charge in [-0.2, -0.15) is 0 Å². The Hall–Kier alpha value is -3.37. The normalized spacial score (nSPS) is 11.6. The number of nitrogens with one attached hydrogen (secondary N) is 2. The molecule has 3 rings (SSSR count). The number of rotatable bonds is 11. The number of hydrogen-bond acceptors (Lipinski definition) is 7. The van der Waals surface area contributed by atoms with Crippen LogP contribution in [0.2, 0.25) is 5.02 Å². The van der Waals surface area contributed by atoms with Crippen LogP contribution < -0.4 is 10.6 Å². The van der Waals surface area contributed by atoms with E-state index in [-0.39, 0.29) is 17.6 Å². The molecule has 2 amide bonds. The van der Waals surface area contributed by atoms with Gasteiger partial charge in [0.25, 0.3) is 5.91 Å². The van der Waals surface area contributed by atoms with Crippen molar-refractivity contribution < 1.29 is 19.1 Å². The van der Waals surface area contributed by atoms with Crippen molar-refractivity contribution in [3.8, 4) is 0 Å². The van der Waals surface area contributed by atoms with Gasteiger partial charge in [0, 0.05) is 22.8 Å². The van der Waals surface area contributed by atoms with Gasteiger partial charge in [-0.1, -0.05) is 36.4 Å². The van der Waals surface area contributed by atoms with Gasteiger partial charge in [0.05, 0.1) is 24.0 Å². The molecule has 0 aliphatic heterocycles. The molecular weight excluding hydrogens is 502 g/mol. The molecule has 3 aromatic rings. The molecule has 0 aliphatic rings. The van der Waals surface area contributed by atoms with E-state index in [4.69, 9.17) is 16.3 Å². The van der Waals surface area contributed by atoms with Gasteiger partial charge < -0.3 is 19.9 Å². The number of amides is 2. The number of thioether (sulfide) groups is 1. The molecule has 11 heteroatoms. The monoisotopic (exact) mass is 529 g/mol. The number of ether oxygens (including phenoxy) is 1. The lowest BCUT2D eigenvalue weighted by atomic mass is 10.2. The third-order valence-corrected chi connectivity index (χ3v) is 6.27. The first-order valence-electron chi connectivity index (χ1n) is 11.5. The summed E-state index contributed by atoms with van der Waals surface area (Å²) in [5.41, 5.74) is 1.37. The molecule has 2 N–H and O–H groups in total. The van der Waals surface area contributed by atoms with Gasteiger partial charge in [-0.25, -0.2) is 4.79 Å². The molecule has 1 atom stereocenters. The number of carbonyl (C=O) groups is 3. The number of carbonyl (C=O) groups excluding carboxylic acids is 3. The molecule has 1 aromatic heterocycles. The van der Waals surface area contributed by atoms with Crippen LogP contribution in [0.4, 0.5) is 5.69 Å². The Morgan fingerprint density at radius 3 is 2.53 bits per heavy atom. The van der Waals surface area contributed by atoms with Crippen molar-refractivity contribution in [1.29, 1.82) is 0 Å². The molecule has 190 valence electrons. The molecular formula is C25H28ClN5O4S. The molecule has 0 saturated heterocycles. The Balaban J connectivity index is 1.59. The summed E-state index contributed by atoms with van der Waals surface area (Å²) < 4.78 is 6.99. The maximum Gasteiger partial charge on any atom is 0.338 e. The molecule has 36 heavy (non-hydrogen) atoms. The number of anilines is 1. The average molecular weight is 530 g/mol. The Morgan fingerprint density at radius 1 is 1.08 bits per heavy atom. The summed E-state index contributed by atoms with van der Waals surface area (Å²) in [6.45, 7) is 6.59. The first-order valence-corrected chi connectivity index (χ1v) is 12.9. The van der Waals surface area contributed by atoms with Crippen LogP contribution in [0.15, 0.2) is 53.7 Å². The standard InChI is InChI=1S/C25H28ClN5O4S/c1-4-13-35-24(34)18-7-6-8-20(14-18)28-21(32)15-36-25-30-29-22(31(25)5-2)16(3)27-23(33)17-9-11-19(26)12-10-17/h6-12,14,16H,4-5,13,15H2,1-3H3,(H,27,33)(H,28,32)/t16-/m1/s1. The minimum atomic E-state index is -0.428. The fourth-order valence-electron chi connectivity index (χ4n) is 3.30. The van der Waals surface area contributed by atoms with Gasteiger partial charge >= 0.3 is 5.97 Å². The quantitative estimate of drug-likeness (QED) is 0.272. The maximum atomic E-state index is 12.6. The highest BCUT2D eigenvalue weighted by atomic mass is 35.5. The fraction of sp³-hybridized carbons (Fsp3) is 0.320. The van der Waals surface area contributed by atoms with Crippen LogP contribution >= 0.6 is 23.4 Å². The van der Waals surface area contributed by atoms with Crippen LogP contribution in [0, 0.1) is 0 Å². The van der Waals surface area contributed by atoms with Crippen molar-refractivity contribution in [3.05, 3.63) is 70.5 Å². The van der Waals surface area contributed by atoms with Crippen molar-refractivity contribution in [1.82, 2.24) is 20.1 Å².